The van der Waals surface area contributed by atoms with E-state index in [0.717, 1.165) is 0 Å². The van der Waals surface area contributed by atoms with Crippen molar-refractivity contribution in [1.82, 2.24) is 0 Å². The van der Waals surface area contributed by atoms with E-state index in [9.17, 15) is 4.39 Å². The number of rotatable bonds is 2. The van der Waals surface area contributed by atoms with Crippen LogP contribution < -0.4 is 5.32 Å². The largest absolute Gasteiger partial charge is 0.344 e. The van der Waals surface area contributed by atoms with Gasteiger partial charge in [-0.1, -0.05) is 0 Å². The van der Waals surface area contributed by atoms with Crippen LogP contribution in [0.3, 0.4) is 0 Å². The van der Waals surface area contributed by atoms with E-state index in [1.807, 2.05) is 0 Å². The standard InChI is InChI=1S/C12H3FIN5/c13-12-8(5-17)10(2-1-9(12)14)19-11(6-18)7(3-15)4-16/h1-2,19H. The van der Waals surface area contributed by atoms with Crippen molar-refractivity contribution >= 4 is 28.3 Å². The van der Waals surface area contributed by atoms with Gasteiger partial charge in [0.1, 0.15) is 35.5 Å². The number of allylic oxidation sites excluding steroid dienone is 2. The molecule has 0 aliphatic carbocycles. The number of hydrogen-bond donors (Lipinski definition) is 1. The predicted molar refractivity (Wildman–Crippen MR) is 71.3 cm³/mol. The first-order chi connectivity index (χ1) is 9.08. The summed E-state index contributed by atoms with van der Waals surface area (Å²) in [7, 11) is 0. The van der Waals surface area contributed by atoms with Crippen molar-refractivity contribution in [2.75, 3.05) is 5.32 Å². The van der Waals surface area contributed by atoms with Crippen molar-refractivity contribution in [3.63, 3.8) is 0 Å². The third kappa shape index (κ3) is 2.98. The molecular weight excluding hydrogens is 360 g/mol. The Morgan fingerprint density at radius 3 is 2.21 bits per heavy atom. The minimum absolute atomic E-state index is 0.0277. The summed E-state index contributed by atoms with van der Waals surface area (Å²) in [6.07, 6.45) is 0. The topological polar surface area (TPSA) is 107 Å². The van der Waals surface area contributed by atoms with Gasteiger partial charge in [0, 0.05) is 0 Å². The number of nitrogens with one attached hydrogen (secondary N) is 1. The lowest BCUT2D eigenvalue weighted by atomic mass is 10.1. The van der Waals surface area contributed by atoms with Crippen molar-refractivity contribution in [2.45, 2.75) is 0 Å². The van der Waals surface area contributed by atoms with Crippen LogP contribution in [0.15, 0.2) is 23.4 Å². The van der Waals surface area contributed by atoms with Crippen LogP contribution in [0.4, 0.5) is 10.1 Å². The molecule has 1 aromatic carbocycles. The van der Waals surface area contributed by atoms with Crippen LogP contribution in [0.2, 0.25) is 0 Å². The van der Waals surface area contributed by atoms with E-state index in [2.05, 4.69) is 5.32 Å². The Labute approximate surface area is 121 Å². The van der Waals surface area contributed by atoms with E-state index in [0.29, 0.717) is 0 Å². The summed E-state index contributed by atoms with van der Waals surface area (Å²) in [4.78, 5) is 0. The molecule has 90 valence electrons. The number of nitrogens with zero attached hydrogens (tertiary/aromatic N) is 4. The number of halogens is 2. The fraction of sp³-hybridized carbons (Fsp3) is 0. The maximum absolute atomic E-state index is 13.7. The van der Waals surface area contributed by atoms with Gasteiger partial charge in [-0.2, -0.15) is 21.0 Å². The van der Waals surface area contributed by atoms with Crippen molar-refractivity contribution in [1.29, 1.82) is 21.0 Å². The molecule has 0 atom stereocenters. The molecule has 7 heteroatoms. The van der Waals surface area contributed by atoms with Crippen LogP contribution in [0.5, 0.6) is 0 Å². The van der Waals surface area contributed by atoms with Crippen molar-refractivity contribution in [3.8, 4) is 24.3 Å². The fourth-order valence-corrected chi connectivity index (χ4v) is 1.63. The van der Waals surface area contributed by atoms with Crippen molar-refractivity contribution < 1.29 is 4.39 Å². The summed E-state index contributed by atoms with van der Waals surface area (Å²) in [6, 6.07) is 9.19. The molecule has 0 fully saturated rings. The van der Waals surface area contributed by atoms with Gasteiger partial charge in [-0.25, -0.2) is 4.39 Å². The lowest BCUT2D eigenvalue weighted by molar-refractivity contribution is 0.617. The molecule has 0 bridgehead atoms. The molecule has 19 heavy (non-hydrogen) atoms. The van der Waals surface area contributed by atoms with E-state index in [4.69, 9.17) is 21.0 Å². The van der Waals surface area contributed by atoms with Gasteiger partial charge in [-0.3, -0.25) is 0 Å². The number of anilines is 1. The Hall–Kier alpha value is -2.62. The number of hydrogen-bond acceptors (Lipinski definition) is 5. The highest BCUT2D eigenvalue weighted by molar-refractivity contribution is 14.1. The maximum Gasteiger partial charge on any atom is 0.163 e. The highest BCUT2D eigenvalue weighted by Gasteiger charge is 2.14. The molecule has 0 spiro atoms. The minimum Gasteiger partial charge on any atom is -0.344 e. The molecule has 0 radical (unpaired) electrons. The van der Waals surface area contributed by atoms with Crippen LogP contribution in [0.1, 0.15) is 5.56 Å². The summed E-state index contributed by atoms with van der Waals surface area (Å²) in [6.45, 7) is 0. The zero-order valence-electron chi connectivity index (χ0n) is 9.20. The van der Waals surface area contributed by atoms with Crippen molar-refractivity contribution in [3.05, 3.63) is 38.4 Å². The van der Waals surface area contributed by atoms with Gasteiger partial charge in [0.05, 0.1) is 9.26 Å². The van der Waals surface area contributed by atoms with Gasteiger partial charge in [-0.05, 0) is 34.7 Å². The Morgan fingerprint density at radius 2 is 1.74 bits per heavy atom. The first-order valence-corrected chi connectivity index (χ1v) is 5.76. The average Bonchev–Trinajstić information content (AvgIpc) is 2.43. The smallest absolute Gasteiger partial charge is 0.163 e. The molecule has 0 saturated carbocycles. The Bertz CT molecular complexity index is 709. The molecule has 0 amide bonds. The third-order valence-corrected chi connectivity index (χ3v) is 2.88. The first kappa shape index (κ1) is 14.4. The normalized spacial score (nSPS) is 8.32. The monoisotopic (exact) mass is 363 g/mol. The Kier molecular flexibility index (Phi) is 4.83. The zero-order chi connectivity index (χ0) is 14.4. The molecule has 0 heterocycles. The van der Waals surface area contributed by atoms with E-state index in [1.54, 1.807) is 46.9 Å². The quantitative estimate of drug-likeness (QED) is 0.642. The van der Waals surface area contributed by atoms with E-state index in [-0.39, 0.29) is 20.5 Å². The second-order valence-electron chi connectivity index (χ2n) is 3.11. The molecular formula is C12H3FIN5. The van der Waals surface area contributed by atoms with E-state index in [1.165, 1.54) is 12.1 Å². The van der Waals surface area contributed by atoms with Gasteiger partial charge in [0.25, 0.3) is 0 Å². The molecule has 0 aliphatic rings. The minimum atomic E-state index is -0.721. The molecule has 0 aliphatic heterocycles. The summed E-state index contributed by atoms with van der Waals surface area (Å²) in [5, 5.41) is 37.5. The van der Waals surface area contributed by atoms with Gasteiger partial charge in [0.2, 0.25) is 0 Å². The summed E-state index contributed by atoms with van der Waals surface area (Å²) >= 11 is 1.73. The predicted octanol–water partition coefficient (Wildman–Crippen LogP) is 2.54. The fourth-order valence-electron chi connectivity index (χ4n) is 1.18. The van der Waals surface area contributed by atoms with Crippen LogP contribution in [-0.4, -0.2) is 0 Å². The average molecular weight is 363 g/mol. The van der Waals surface area contributed by atoms with Gasteiger partial charge in [-0.15, -0.1) is 0 Å². The third-order valence-electron chi connectivity index (χ3n) is 2.05. The second kappa shape index (κ2) is 6.35. The SMILES string of the molecule is N#CC(C#N)=C(C#N)Nc1ccc(I)c(F)c1C#N. The molecule has 0 saturated heterocycles. The van der Waals surface area contributed by atoms with Crippen molar-refractivity contribution in [2.24, 2.45) is 0 Å². The highest BCUT2D eigenvalue weighted by Crippen LogP contribution is 2.24. The number of benzene rings is 1. The summed E-state index contributed by atoms with van der Waals surface area (Å²) in [5.41, 5.74) is -1.03. The van der Waals surface area contributed by atoms with Crippen LogP contribution in [-0.2, 0) is 0 Å². The molecule has 1 N–H and O–H groups in total. The van der Waals surface area contributed by atoms with Gasteiger partial charge >= 0.3 is 0 Å². The van der Waals surface area contributed by atoms with E-state index < -0.39 is 11.4 Å². The van der Waals surface area contributed by atoms with E-state index >= 15 is 0 Å². The van der Waals surface area contributed by atoms with Gasteiger partial charge in [0.15, 0.2) is 11.4 Å². The summed E-state index contributed by atoms with van der Waals surface area (Å²) in [5.74, 6) is -0.721. The van der Waals surface area contributed by atoms with Gasteiger partial charge < -0.3 is 5.32 Å². The lowest BCUT2D eigenvalue weighted by Crippen LogP contribution is -2.04. The lowest BCUT2D eigenvalue weighted by Gasteiger charge is -2.08. The van der Waals surface area contributed by atoms with Crippen LogP contribution in [0.25, 0.3) is 0 Å². The zero-order valence-corrected chi connectivity index (χ0v) is 11.4. The molecule has 5 nitrogen and oxygen atoms in total. The van der Waals surface area contributed by atoms with Crippen LogP contribution >= 0.6 is 22.6 Å². The molecule has 1 rings (SSSR count). The highest BCUT2D eigenvalue weighted by atomic mass is 127. The second-order valence-corrected chi connectivity index (χ2v) is 4.27. The Morgan fingerprint density at radius 1 is 1.11 bits per heavy atom. The number of nitriles is 4. The Balaban J connectivity index is 3.38. The maximum atomic E-state index is 13.7. The summed E-state index contributed by atoms with van der Waals surface area (Å²) < 4.78 is 13.9. The molecule has 1 aromatic rings. The molecule has 0 unspecified atom stereocenters. The molecule has 0 aromatic heterocycles. The van der Waals surface area contributed by atoms with Crippen LogP contribution in [0, 0.1) is 54.7 Å². The first-order valence-electron chi connectivity index (χ1n) is 4.68.